The Kier molecular flexibility index (Phi) is 5.16. The molecule has 1 heterocycles. The molecule has 5 nitrogen and oxygen atoms in total. The zero-order chi connectivity index (χ0) is 14.7. The maximum absolute atomic E-state index is 12.0. The summed E-state index contributed by atoms with van der Waals surface area (Å²) in [5.41, 5.74) is 0. The Morgan fingerprint density at radius 1 is 1.42 bits per heavy atom. The molecular formula is C9H11BrF3N3O2S. The van der Waals surface area contributed by atoms with Gasteiger partial charge < -0.3 is 5.32 Å². The summed E-state index contributed by atoms with van der Waals surface area (Å²) in [6, 6.07) is 1.26. The molecule has 0 amide bonds. The lowest BCUT2D eigenvalue weighted by Gasteiger charge is -2.11. The first-order chi connectivity index (χ1) is 8.65. The van der Waals surface area contributed by atoms with Crippen molar-refractivity contribution in [1.29, 1.82) is 0 Å². The monoisotopic (exact) mass is 361 g/mol. The van der Waals surface area contributed by atoms with Crippen molar-refractivity contribution in [2.75, 3.05) is 18.9 Å². The highest BCUT2D eigenvalue weighted by molar-refractivity contribution is 9.10. The van der Waals surface area contributed by atoms with Crippen LogP contribution >= 0.6 is 15.9 Å². The summed E-state index contributed by atoms with van der Waals surface area (Å²) in [6.07, 6.45) is -4.27. The zero-order valence-corrected chi connectivity index (χ0v) is 12.2. The van der Waals surface area contributed by atoms with E-state index in [4.69, 9.17) is 0 Å². The highest BCUT2D eigenvalue weighted by Crippen LogP contribution is 2.23. The van der Waals surface area contributed by atoms with Crippen LogP contribution in [0.2, 0.25) is 0 Å². The van der Waals surface area contributed by atoms with Gasteiger partial charge in [-0.15, -0.1) is 0 Å². The molecule has 108 valence electrons. The molecule has 0 fully saturated rings. The first kappa shape index (κ1) is 16.2. The Hall–Kier alpha value is -0.870. The zero-order valence-electron chi connectivity index (χ0n) is 9.75. The van der Waals surface area contributed by atoms with E-state index in [2.05, 4.69) is 26.2 Å². The molecule has 0 aliphatic rings. The smallest absolute Gasteiger partial charge is 0.372 e. The van der Waals surface area contributed by atoms with Gasteiger partial charge in [0.15, 0.2) is 0 Å². The lowest BCUT2D eigenvalue weighted by molar-refractivity contribution is -0.132. The third kappa shape index (κ3) is 4.96. The molecule has 0 aliphatic carbocycles. The van der Waals surface area contributed by atoms with Crippen molar-refractivity contribution in [3.05, 3.63) is 16.7 Å². The van der Waals surface area contributed by atoms with Crippen LogP contribution in [-0.4, -0.2) is 33.2 Å². The number of halogens is 4. The number of sulfonamides is 1. The number of hydrogen-bond acceptors (Lipinski definition) is 4. The molecular weight excluding hydrogens is 351 g/mol. The van der Waals surface area contributed by atoms with E-state index < -0.39 is 29.2 Å². The number of pyridine rings is 1. The average molecular weight is 362 g/mol. The Bertz CT molecular complexity index is 548. The average Bonchev–Trinajstić information content (AvgIpc) is 2.27. The lowest BCUT2D eigenvalue weighted by Crippen LogP contribution is -2.28. The van der Waals surface area contributed by atoms with Crippen molar-refractivity contribution in [1.82, 2.24) is 9.71 Å². The number of nitrogens with zero attached hydrogens (tertiary/aromatic N) is 1. The SMILES string of the molecule is CNc1ncc(Br)cc1S(=O)(=O)NCCC(F)(F)F. The van der Waals surface area contributed by atoms with Gasteiger partial charge in [0.1, 0.15) is 10.7 Å². The summed E-state index contributed by atoms with van der Waals surface area (Å²) in [7, 11) is -2.59. The van der Waals surface area contributed by atoms with Crippen molar-refractivity contribution < 1.29 is 21.6 Å². The van der Waals surface area contributed by atoms with E-state index in [9.17, 15) is 21.6 Å². The first-order valence-corrected chi connectivity index (χ1v) is 7.33. The van der Waals surface area contributed by atoms with Crippen molar-refractivity contribution in [3.8, 4) is 0 Å². The molecule has 0 bridgehead atoms. The molecule has 0 radical (unpaired) electrons. The van der Waals surface area contributed by atoms with Crippen LogP contribution in [0, 0.1) is 0 Å². The van der Waals surface area contributed by atoms with Crippen molar-refractivity contribution in [2.24, 2.45) is 0 Å². The third-order valence-corrected chi connectivity index (χ3v) is 3.95. The number of rotatable bonds is 5. The molecule has 2 N–H and O–H groups in total. The Balaban J connectivity index is 2.91. The van der Waals surface area contributed by atoms with E-state index in [1.165, 1.54) is 19.3 Å². The predicted molar refractivity (Wildman–Crippen MR) is 67.3 cm³/mol. The third-order valence-electron chi connectivity index (χ3n) is 2.05. The molecule has 0 saturated carbocycles. The minimum atomic E-state index is -4.41. The fraction of sp³-hybridized carbons (Fsp3) is 0.444. The molecule has 10 heteroatoms. The van der Waals surface area contributed by atoms with Crippen LogP contribution in [0.3, 0.4) is 0 Å². The van der Waals surface area contributed by atoms with Gasteiger partial charge in [0.05, 0.1) is 6.42 Å². The van der Waals surface area contributed by atoms with Gasteiger partial charge in [-0.05, 0) is 22.0 Å². The molecule has 0 unspecified atom stereocenters. The van der Waals surface area contributed by atoms with Gasteiger partial charge in [0.25, 0.3) is 0 Å². The molecule has 0 atom stereocenters. The van der Waals surface area contributed by atoms with Gasteiger partial charge in [-0.2, -0.15) is 13.2 Å². The van der Waals surface area contributed by atoms with Crippen LogP contribution < -0.4 is 10.0 Å². The summed E-state index contributed by atoms with van der Waals surface area (Å²) in [5.74, 6) is 0.0581. The highest BCUT2D eigenvalue weighted by atomic mass is 79.9. The number of nitrogens with one attached hydrogen (secondary N) is 2. The van der Waals surface area contributed by atoms with Crippen LogP contribution in [0.1, 0.15) is 6.42 Å². The lowest BCUT2D eigenvalue weighted by atomic mass is 10.4. The van der Waals surface area contributed by atoms with Gasteiger partial charge in [0, 0.05) is 24.3 Å². The van der Waals surface area contributed by atoms with Gasteiger partial charge in [0.2, 0.25) is 10.0 Å². The Labute approximate surface area is 116 Å². The summed E-state index contributed by atoms with van der Waals surface area (Å²) < 4.78 is 62.0. The second-order valence-electron chi connectivity index (χ2n) is 3.51. The van der Waals surface area contributed by atoms with E-state index in [1.54, 1.807) is 0 Å². The van der Waals surface area contributed by atoms with E-state index in [0.29, 0.717) is 4.47 Å². The minimum absolute atomic E-state index is 0.0581. The molecule has 0 aromatic carbocycles. The topological polar surface area (TPSA) is 71.1 Å². The standard InChI is InChI=1S/C9H11BrF3N3O2S/c1-14-8-7(4-6(10)5-15-8)19(17,18)16-3-2-9(11,12)13/h4-5,16H,2-3H2,1H3,(H,14,15). The highest BCUT2D eigenvalue weighted by Gasteiger charge is 2.28. The molecule has 1 aromatic rings. The second-order valence-corrected chi connectivity index (χ2v) is 6.16. The van der Waals surface area contributed by atoms with Crippen LogP contribution in [0.4, 0.5) is 19.0 Å². The van der Waals surface area contributed by atoms with Crippen LogP contribution in [0.15, 0.2) is 21.6 Å². The number of anilines is 1. The molecule has 1 aromatic heterocycles. The maximum atomic E-state index is 12.0. The molecule has 1 rings (SSSR count). The molecule has 19 heavy (non-hydrogen) atoms. The fourth-order valence-corrected chi connectivity index (χ4v) is 2.92. The minimum Gasteiger partial charge on any atom is -0.372 e. The van der Waals surface area contributed by atoms with Crippen LogP contribution in [-0.2, 0) is 10.0 Å². The Morgan fingerprint density at radius 2 is 2.05 bits per heavy atom. The molecule has 0 saturated heterocycles. The number of alkyl halides is 3. The summed E-state index contributed by atoms with van der Waals surface area (Å²) in [4.78, 5) is 3.60. The number of hydrogen-bond donors (Lipinski definition) is 2. The van der Waals surface area contributed by atoms with E-state index in [0.717, 1.165) is 0 Å². The summed E-state index contributed by atoms with van der Waals surface area (Å²) >= 11 is 3.06. The van der Waals surface area contributed by atoms with E-state index >= 15 is 0 Å². The normalized spacial score (nSPS) is 12.5. The number of aromatic nitrogens is 1. The first-order valence-electron chi connectivity index (χ1n) is 5.05. The van der Waals surface area contributed by atoms with E-state index in [-0.39, 0.29) is 10.7 Å². The fourth-order valence-electron chi connectivity index (χ4n) is 1.22. The predicted octanol–water partition coefficient (Wildman–Crippen LogP) is 2.12. The largest absolute Gasteiger partial charge is 0.390 e. The quantitative estimate of drug-likeness (QED) is 0.842. The van der Waals surface area contributed by atoms with Crippen molar-refractivity contribution >= 4 is 31.8 Å². The molecule has 0 aliphatic heterocycles. The van der Waals surface area contributed by atoms with Crippen LogP contribution in [0.5, 0.6) is 0 Å². The van der Waals surface area contributed by atoms with Gasteiger partial charge >= 0.3 is 6.18 Å². The van der Waals surface area contributed by atoms with Crippen LogP contribution in [0.25, 0.3) is 0 Å². The van der Waals surface area contributed by atoms with Gasteiger partial charge in [-0.25, -0.2) is 18.1 Å². The van der Waals surface area contributed by atoms with E-state index in [1.807, 2.05) is 4.72 Å². The van der Waals surface area contributed by atoms with Crippen molar-refractivity contribution in [3.63, 3.8) is 0 Å². The Morgan fingerprint density at radius 3 is 2.58 bits per heavy atom. The van der Waals surface area contributed by atoms with Gasteiger partial charge in [-0.1, -0.05) is 0 Å². The second kappa shape index (κ2) is 6.06. The molecule has 0 spiro atoms. The maximum Gasteiger partial charge on any atom is 0.390 e. The summed E-state index contributed by atoms with van der Waals surface area (Å²) in [5, 5.41) is 2.56. The van der Waals surface area contributed by atoms with Crippen molar-refractivity contribution in [2.45, 2.75) is 17.5 Å². The van der Waals surface area contributed by atoms with Gasteiger partial charge in [-0.3, -0.25) is 0 Å². The summed E-state index contributed by atoms with van der Waals surface area (Å²) in [6.45, 7) is -0.721.